The second-order valence-corrected chi connectivity index (χ2v) is 8.50. The van der Waals surface area contributed by atoms with Gasteiger partial charge in [-0.1, -0.05) is 6.07 Å². The molecule has 0 saturated carbocycles. The SMILES string of the molecule is CN(CC(=O)Nc1ccc(F)cc1)S(=O)(=O)c1ccc2c(c1)CCCC2. The predicted molar refractivity (Wildman–Crippen MR) is 97.9 cm³/mol. The molecule has 1 N–H and O–H groups in total. The summed E-state index contributed by atoms with van der Waals surface area (Å²) in [6, 6.07) is 10.5. The Morgan fingerprint density at radius 2 is 1.73 bits per heavy atom. The van der Waals surface area contributed by atoms with Crippen LogP contribution in [0.3, 0.4) is 0 Å². The van der Waals surface area contributed by atoms with E-state index < -0.39 is 21.7 Å². The summed E-state index contributed by atoms with van der Waals surface area (Å²) in [5, 5.41) is 2.56. The van der Waals surface area contributed by atoms with Gasteiger partial charge in [0.2, 0.25) is 15.9 Å². The van der Waals surface area contributed by atoms with Crippen molar-refractivity contribution in [1.82, 2.24) is 4.31 Å². The highest BCUT2D eigenvalue weighted by Crippen LogP contribution is 2.25. The number of carbonyl (C=O) groups is 1. The van der Waals surface area contributed by atoms with E-state index in [-0.39, 0.29) is 11.4 Å². The minimum absolute atomic E-state index is 0.204. The maximum atomic E-state index is 12.9. The van der Waals surface area contributed by atoms with Gasteiger partial charge < -0.3 is 5.32 Å². The summed E-state index contributed by atoms with van der Waals surface area (Å²) >= 11 is 0. The normalized spacial score (nSPS) is 14.1. The fraction of sp³-hybridized carbons (Fsp3) is 0.316. The Kier molecular flexibility index (Phi) is 5.38. The van der Waals surface area contributed by atoms with Crippen molar-refractivity contribution < 1.29 is 17.6 Å². The molecule has 1 amide bonds. The molecule has 0 aromatic heterocycles. The molecule has 26 heavy (non-hydrogen) atoms. The number of halogens is 1. The summed E-state index contributed by atoms with van der Waals surface area (Å²) in [7, 11) is -2.38. The molecule has 0 saturated heterocycles. The van der Waals surface area contributed by atoms with Crippen molar-refractivity contribution >= 4 is 21.6 Å². The number of hydrogen-bond donors (Lipinski definition) is 1. The molecule has 0 unspecified atom stereocenters. The number of nitrogens with one attached hydrogen (secondary N) is 1. The van der Waals surface area contributed by atoms with Gasteiger partial charge in [-0.15, -0.1) is 0 Å². The first kappa shape index (κ1) is 18.5. The number of rotatable bonds is 5. The van der Waals surface area contributed by atoms with Crippen LogP contribution >= 0.6 is 0 Å². The number of fused-ring (bicyclic) bond motifs is 1. The molecule has 3 rings (SSSR count). The van der Waals surface area contributed by atoms with Gasteiger partial charge in [0, 0.05) is 12.7 Å². The number of hydrogen-bond acceptors (Lipinski definition) is 3. The number of amides is 1. The van der Waals surface area contributed by atoms with E-state index in [1.807, 2.05) is 6.07 Å². The highest BCUT2D eigenvalue weighted by atomic mass is 32.2. The monoisotopic (exact) mass is 376 g/mol. The molecule has 0 aliphatic heterocycles. The maximum Gasteiger partial charge on any atom is 0.243 e. The van der Waals surface area contributed by atoms with Gasteiger partial charge in [0.15, 0.2) is 0 Å². The summed E-state index contributed by atoms with van der Waals surface area (Å²) in [6.45, 7) is -0.323. The number of anilines is 1. The third-order valence-corrected chi connectivity index (χ3v) is 6.32. The van der Waals surface area contributed by atoms with Gasteiger partial charge in [-0.2, -0.15) is 4.31 Å². The molecule has 2 aromatic carbocycles. The van der Waals surface area contributed by atoms with Crippen molar-refractivity contribution in [2.24, 2.45) is 0 Å². The van der Waals surface area contributed by atoms with Crippen LogP contribution in [-0.4, -0.2) is 32.2 Å². The Morgan fingerprint density at radius 1 is 1.08 bits per heavy atom. The summed E-state index contributed by atoms with van der Waals surface area (Å²) in [6.07, 6.45) is 4.05. The van der Waals surface area contributed by atoms with Gasteiger partial charge in [-0.05, 0) is 73.2 Å². The Hall–Kier alpha value is -2.25. The third kappa shape index (κ3) is 4.11. The molecule has 5 nitrogen and oxygen atoms in total. The van der Waals surface area contributed by atoms with E-state index in [9.17, 15) is 17.6 Å². The van der Waals surface area contributed by atoms with Gasteiger partial charge in [0.1, 0.15) is 5.82 Å². The average Bonchev–Trinajstić information content (AvgIpc) is 2.63. The molecule has 0 spiro atoms. The largest absolute Gasteiger partial charge is 0.325 e. The molecular formula is C19H21FN2O3S. The second-order valence-electron chi connectivity index (χ2n) is 6.45. The molecule has 0 atom stereocenters. The van der Waals surface area contributed by atoms with Crippen LogP contribution in [0.15, 0.2) is 47.4 Å². The fourth-order valence-electron chi connectivity index (χ4n) is 3.07. The van der Waals surface area contributed by atoms with Crippen molar-refractivity contribution in [3.05, 3.63) is 59.4 Å². The number of carbonyl (C=O) groups excluding carboxylic acids is 1. The molecule has 0 heterocycles. The first-order valence-corrected chi connectivity index (χ1v) is 9.94. The van der Waals surface area contributed by atoms with Crippen molar-refractivity contribution in [3.8, 4) is 0 Å². The van der Waals surface area contributed by atoms with Crippen molar-refractivity contribution in [2.45, 2.75) is 30.6 Å². The van der Waals surface area contributed by atoms with E-state index in [1.165, 1.54) is 36.9 Å². The molecule has 2 aromatic rings. The summed E-state index contributed by atoms with van der Waals surface area (Å²) < 4.78 is 39.4. The Balaban J connectivity index is 1.70. The van der Waals surface area contributed by atoms with Crippen LogP contribution in [0.1, 0.15) is 24.0 Å². The minimum Gasteiger partial charge on any atom is -0.325 e. The zero-order valence-electron chi connectivity index (χ0n) is 14.5. The highest BCUT2D eigenvalue weighted by molar-refractivity contribution is 7.89. The molecular weight excluding hydrogens is 355 g/mol. The van der Waals surface area contributed by atoms with Gasteiger partial charge >= 0.3 is 0 Å². The molecule has 1 aliphatic carbocycles. The predicted octanol–water partition coefficient (Wildman–Crippen LogP) is 2.96. The molecule has 7 heteroatoms. The molecule has 1 aliphatic rings. The summed E-state index contributed by atoms with van der Waals surface area (Å²) in [5.74, 6) is -0.893. The number of nitrogens with zero attached hydrogens (tertiary/aromatic N) is 1. The smallest absolute Gasteiger partial charge is 0.243 e. The lowest BCUT2D eigenvalue weighted by Crippen LogP contribution is -2.35. The first-order valence-electron chi connectivity index (χ1n) is 8.50. The quantitative estimate of drug-likeness (QED) is 0.872. The molecule has 0 bridgehead atoms. The minimum atomic E-state index is -3.75. The zero-order chi connectivity index (χ0) is 18.7. The third-order valence-electron chi connectivity index (χ3n) is 4.52. The molecule has 138 valence electrons. The van der Waals surface area contributed by atoms with Crippen molar-refractivity contribution in [2.75, 3.05) is 18.9 Å². The zero-order valence-corrected chi connectivity index (χ0v) is 15.4. The number of likely N-dealkylation sites (N-methyl/N-ethyl adjacent to an activating group) is 1. The van der Waals surface area contributed by atoms with Crippen LogP contribution in [0.25, 0.3) is 0 Å². The number of sulfonamides is 1. The van der Waals surface area contributed by atoms with Gasteiger partial charge in [0.25, 0.3) is 0 Å². The van der Waals surface area contributed by atoms with E-state index in [0.717, 1.165) is 35.6 Å². The first-order chi connectivity index (χ1) is 12.4. The van der Waals surface area contributed by atoms with Crippen LogP contribution in [0.5, 0.6) is 0 Å². The van der Waals surface area contributed by atoms with E-state index in [4.69, 9.17) is 0 Å². The Morgan fingerprint density at radius 3 is 2.42 bits per heavy atom. The lowest BCUT2D eigenvalue weighted by Gasteiger charge is -2.20. The summed E-state index contributed by atoms with van der Waals surface area (Å²) in [5.41, 5.74) is 2.68. The van der Waals surface area contributed by atoms with E-state index in [2.05, 4.69) is 5.32 Å². The van der Waals surface area contributed by atoms with Crippen LogP contribution in [-0.2, 0) is 27.7 Å². The van der Waals surface area contributed by atoms with E-state index in [0.29, 0.717) is 5.69 Å². The van der Waals surface area contributed by atoms with Gasteiger partial charge in [0.05, 0.1) is 11.4 Å². The second kappa shape index (κ2) is 7.55. The van der Waals surface area contributed by atoms with E-state index in [1.54, 1.807) is 12.1 Å². The maximum absolute atomic E-state index is 12.9. The van der Waals surface area contributed by atoms with Crippen LogP contribution < -0.4 is 5.32 Å². The fourth-order valence-corrected chi connectivity index (χ4v) is 4.25. The average molecular weight is 376 g/mol. The molecule has 0 fully saturated rings. The van der Waals surface area contributed by atoms with Crippen molar-refractivity contribution in [1.29, 1.82) is 0 Å². The van der Waals surface area contributed by atoms with Crippen molar-refractivity contribution in [3.63, 3.8) is 0 Å². The van der Waals surface area contributed by atoms with E-state index >= 15 is 0 Å². The number of benzene rings is 2. The van der Waals surface area contributed by atoms with Crippen LogP contribution in [0, 0.1) is 5.82 Å². The van der Waals surface area contributed by atoms with Crippen LogP contribution in [0.4, 0.5) is 10.1 Å². The van der Waals surface area contributed by atoms with Gasteiger partial charge in [-0.3, -0.25) is 4.79 Å². The van der Waals surface area contributed by atoms with Gasteiger partial charge in [-0.25, -0.2) is 12.8 Å². The lowest BCUT2D eigenvalue weighted by atomic mass is 9.92. The van der Waals surface area contributed by atoms with Crippen LogP contribution in [0.2, 0.25) is 0 Å². The standard InChI is InChI=1S/C19H21FN2O3S/c1-22(13-19(23)21-17-9-7-16(20)8-10-17)26(24,25)18-11-6-14-4-2-3-5-15(14)12-18/h6-12H,2-5,13H2,1H3,(H,21,23). The highest BCUT2D eigenvalue weighted by Gasteiger charge is 2.24. The molecule has 0 radical (unpaired) electrons. The Labute approximate surface area is 152 Å². The summed E-state index contributed by atoms with van der Waals surface area (Å²) in [4.78, 5) is 12.3. The Bertz CT molecular complexity index is 911. The number of aryl methyl sites for hydroxylation is 2. The topological polar surface area (TPSA) is 66.5 Å². The lowest BCUT2D eigenvalue weighted by molar-refractivity contribution is -0.116.